The number of hydrogen-bond acceptors (Lipinski definition) is 5. The Morgan fingerprint density at radius 3 is 2.29 bits per heavy atom. The van der Waals surface area contributed by atoms with Gasteiger partial charge in [-0.25, -0.2) is 13.8 Å². The molecule has 226 valence electrons. The second kappa shape index (κ2) is 10.4. The second-order valence-corrected chi connectivity index (χ2v) is 9.63. The molecule has 0 bridgehead atoms. The number of aromatic nitrogens is 4. The van der Waals surface area contributed by atoms with E-state index in [1.807, 2.05) is 0 Å². The molecule has 1 aliphatic rings. The summed E-state index contributed by atoms with van der Waals surface area (Å²) in [7, 11) is 0.771. The third-order valence-electron chi connectivity index (χ3n) is 6.63. The summed E-state index contributed by atoms with van der Waals surface area (Å²) in [5.74, 6) is -3.41. The van der Waals surface area contributed by atoms with Gasteiger partial charge in [0.2, 0.25) is 0 Å². The smallest absolute Gasteiger partial charge is 0.429 e. The Morgan fingerprint density at radius 1 is 1.17 bits per heavy atom. The van der Waals surface area contributed by atoms with Crippen molar-refractivity contribution in [2.24, 2.45) is 7.05 Å². The monoisotopic (exact) mass is 628 g/mol. The summed E-state index contributed by atoms with van der Waals surface area (Å²) in [5, 5.41) is 16.3. The molecule has 1 aromatic carbocycles. The van der Waals surface area contributed by atoms with E-state index in [0.29, 0.717) is 17.5 Å². The number of ether oxygens (including phenoxy) is 1. The highest BCUT2D eigenvalue weighted by Gasteiger charge is 2.76. The van der Waals surface area contributed by atoms with E-state index in [0.717, 1.165) is 19.4 Å². The second-order valence-electron chi connectivity index (χ2n) is 9.22. The van der Waals surface area contributed by atoms with Crippen molar-refractivity contribution in [1.29, 1.82) is 5.26 Å². The van der Waals surface area contributed by atoms with Crippen molar-refractivity contribution >= 4 is 17.5 Å². The van der Waals surface area contributed by atoms with Gasteiger partial charge in [-0.3, -0.25) is 4.79 Å². The molecule has 4 rings (SSSR count). The van der Waals surface area contributed by atoms with Crippen molar-refractivity contribution in [3.63, 3.8) is 0 Å². The maximum Gasteiger partial charge on any atom is 0.437 e. The van der Waals surface area contributed by atoms with Gasteiger partial charge < -0.3 is 9.64 Å². The van der Waals surface area contributed by atoms with Crippen LogP contribution in [-0.4, -0.2) is 61.4 Å². The third kappa shape index (κ3) is 5.01. The molecule has 0 radical (unpaired) electrons. The number of halogens is 10. The zero-order valence-electron chi connectivity index (χ0n) is 21.4. The minimum Gasteiger partial charge on any atom is -0.429 e. The Kier molecular flexibility index (Phi) is 7.68. The highest BCUT2D eigenvalue weighted by molar-refractivity contribution is 6.34. The summed E-state index contributed by atoms with van der Waals surface area (Å²) in [5.41, 5.74) is -9.36. The minimum atomic E-state index is -6.66. The van der Waals surface area contributed by atoms with Crippen LogP contribution < -0.4 is 4.74 Å². The summed E-state index contributed by atoms with van der Waals surface area (Å²) < 4.78 is 127. The number of alkyl halides is 9. The molecule has 8 nitrogen and oxygen atoms in total. The predicted molar refractivity (Wildman–Crippen MR) is 127 cm³/mol. The average Bonchev–Trinajstić information content (AvgIpc) is 3.40. The van der Waals surface area contributed by atoms with Gasteiger partial charge in [0.15, 0.2) is 17.3 Å². The zero-order chi connectivity index (χ0) is 31.4. The molecule has 3 aromatic rings. The Bertz CT molecular complexity index is 1540. The van der Waals surface area contributed by atoms with Gasteiger partial charge in [-0.15, -0.1) is 0 Å². The number of rotatable bonds is 8. The Balaban J connectivity index is 1.81. The van der Waals surface area contributed by atoms with Crippen molar-refractivity contribution in [1.82, 2.24) is 24.5 Å². The maximum absolute atomic E-state index is 14.8. The molecule has 0 N–H and O–H groups in total. The van der Waals surface area contributed by atoms with Crippen LogP contribution >= 0.6 is 11.6 Å². The maximum atomic E-state index is 14.8. The highest BCUT2D eigenvalue weighted by Crippen LogP contribution is 2.56. The molecule has 2 aromatic heterocycles. The first-order chi connectivity index (χ1) is 19.4. The SMILES string of the molecule is CCN(C(=O)c1cc(-c2cnn(-c3c(OC(F)F)c(C(F)(C(F)(F)F)C(F)(F)F)nn3C)c2)ccc1Cl)C1(C#N)CC1. The number of nitriles is 1. The zero-order valence-corrected chi connectivity index (χ0v) is 22.1. The van der Waals surface area contributed by atoms with Gasteiger partial charge in [0.05, 0.1) is 22.9 Å². The van der Waals surface area contributed by atoms with Crippen LogP contribution in [0.25, 0.3) is 16.9 Å². The van der Waals surface area contributed by atoms with Gasteiger partial charge in [0.25, 0.3) is 5.91 Å². The minimum absolute atomic E-state index is 0.0193. The Labute approximate surface area is 235 Å². The van der Waals surface area contributed by atoms with Crippen LogP contribution in [0.5, 0.6) is 5.75 Å². The van der Waals surface area contributed by atoms with Crippen molar-refractivity contribution in [2.45, 2.75) is 49.9 Å². The fourth-order valence-electron chi connectivity index (χ4n) is 4.40. The van der Waals surface area contributed by atoms with E-state index in [4.69, 9.17) is 11.6 Å². The first-order valence-corrected chi connectivity index (χ1v) is 12.2. The quantitative estimate of drug-likeness (QED) is 0.272. The summed E-state index contributed by atoms with van der Waals surface area (Å²) in [6.07, 6.45) is -10.3. The van der Waals surface area contributed by atoms with Gasteiger partial charge >= 0.3 is 24.6 Å². The fraction of sp³-hybridized carbons (Fsp3) is 0.417. The number of amides is 1. The summed E-state index contributed by atoms with van der Waals surface area (Å²) in [6.45, 7) is -2.11. The van der Waals surface area contributed by atoms with Crippen LogP contribution in [0, 0.1) is 11.3 Å². The molecule has 2 heterocycles. The molecule has 0 spiro atoms. The molecular weight excluding hydrogens is 611 g/mol. The summed E-state index contributed by atoms with van der Waals surface area (Å²) in [6, 6.07) is 6.15. The van der Waals surface area contributed by atoms with Gasteiger partial charge in [0, 0.05) is 25.4 Å². The van der Waals surface area contributed by atoms with E-state index in [1.54, 1.807) is 6.92 Å². The number of aryl methyl sites for hydroxylation is 1. The Morgan fingerprint density at radius 2 is 1.79 bits per heavy atom. The lowest BCUT2D eigenvalue weighted by molar-refractivity contribution is -0.350. The fourth-order valence-corrected chi connectivity index (χ4v) is 4.60. The largest absolute Gasteiger partial charge is 0.437 e. The van der Waals surface area contributed by atoms with Crippen molar-refractivity contribution < 1.29 is 49.0 Å². The van der Waals surface area contributed by atoms with E-state index in [1.165, 1.54) is 23.1 Å². The van der Waals surface area contributed by atoms with Crippen molar-refractivity contribution in [2.75, 3.05) is 6.54 Å². The van der Waals surface area contributed by atoms with Crippen LogP contribution in [0.2, 0.25) is 5.02 Å². The van der Waals surface area contributed by atoms with E-state index in [9.17, 15) is 49.6 Å². The lowest BCUT2D eigenvalue weighted by Gasteiger charge is -2.28. The lowest BCUT2D eigenvalue weighted by atomic mass is 9.99. The molecule has 0 aliphatic heterocycles. The highest BCUT2D eigenvalue weighted by atomic mass is 35.5. The molecular formula is C24H18ClF9N6O2. The van der Waals surface area contributed by atoms with Gasteiger partial charge in [-0.05, 0) is 37.5 Å². The van der Waals surface area contributed by atoms with Crippen LogP contribution in [0.1, 0.15) is 35.8 Å². The molecule has 42 heavy (non-hydrogen) atoms. The molecule has 18 heteroatoms. The standard InChI is InChI=1S/C24H18ClF9N6O2/c1-3-39(21(11-35)6-7-21)19(41)14-8-12(4-5-15(14)25)13-9-36-40(10-13)18-16(42-20(26)27)17(37-38(18)2)22(28,23(29,30)31)24(32,33)34/h4-5,8-10,20H,3,6-7H2,1-2H3. The summed E-state index contributed by atoms with van der Waals surface area (Å²) >= 11 is 6.23. The number of hydrogen-bond donors (Lipinski definition) is 0. The molecule has 0 unspecified atom stereocenters. The number of carbonyl (C=O) groups excluding carboxylic acids is 1. The Hall–Kier alpha value is -3.94. The predicted octanol–water partition coefficient (Wildman–Crippen LogP) is 6.34. The molecule has 0 saturated heterocycles. The van der Waals surface area contributed by atoms with Crippen LogP contribution in [0.15, 0.2) is 30.6 Å². The van der Waals surface area contributed by atoms with E-state index >= 15 is 0 Å². The van der Waals surface area contributed by atoms with Gasteiger partial charge in [-0.1, -0.05) is 17.7 Å². The molecule has 1 aliphatic carbocycles. The van der Waals surface area contributed by atoms with Crippen molar-refractivity contribution in [3.05, 3.63) is 46.9 Å². The molecule has 1 saturated carbocycles. The van der Waals surface area contributed by atoms with Gasteiger partial charge in [-0.2, -0.15) is 50.6 Å². The first-order valence-electron chi connectivity index (χ1n) is 11.8. The van der Waals surface area contributed by atoms with Gasteiger partial charge in [0.1, 0.15) is 5.54 Å². The molecule has 0 atom stereocenters. The van der Waals surface area contributed by atoms with E-state index in [-0.39, 0.29) is 32.9 Å². The molecule has 1 amide bonds. The first kappa shape index (κ1) is 31.0. The third-order valence-corrected chi connectivity index (χ3v) is 6.96. The van der Waals surface area contributed by atoms with E-state index < -0.39 is 53.3 Å². The van der Waals surface area contributed by atoms with Crippen LogP contribution in [-0.2, 0) is 12.7 Å². The number of carbonyl (C=O) groups is 1. The van der Waals surface area contributed by atoms with Crippen LogP contribution in [0.4, 0.5) is 39.5 Å². The van der Waals surface area contributed by atoms with Crippen LogP contribution in [0.3, 0.4) is 0 Å². The average molecular weight is 629 g/mol. The normalized spacial score (nSPS) is 15.0. The van der Waals surface area contributed by atoms with E-state index in [2.05, 4.69) is 21.0 Å². The number of nitrogens with zero attached hydrogens (tertiary/aromatic N) is 6. The lowest BCUT2D eigenvalue weighted by Crippen LogP contribution is -2.51. The topological polar surface area (TPSA) is 89.0 Å². The van der Waals surface area contributed by atoms with Crippen molar-refractivity contribution in [3.8, 4) is 28.8 Å². The summed E-state index contributed by atoms with van der Waals surface area (Å²) in [4.78, 5) is 14.6. The molecule has 1 fully saturated rings. The number of benzene rings is 1.